The van der Waals surface area contributed by atoms with Crippen molar-refractivity contribution in [3.05, 3.63) is 72.1 Å². The average molecular weight is 380 g/mol. The van der Waals surface area contributed by atoms with Crippen molar-refractivity contribution < 1.29 is 9.59 Å². The van der Waals surface area contributed by atoms with Gasteiger partial charge in [-0.2, -0.15) is 5.26 Å². The number of nitrogens with zero attached hydrogens (tertiary/aromatic N) is 4. The summed E-state index contributed by atoms with van der Waals surface area (Å²) in [5.74, 6) is -0.742. The Bertz CT molecular complexity index is 1430. The van der Waals surface area contributed by atoms with Crippen LogP contribution >= 0.6 is 0 Å². The van der Waals surface area contributed by atoms with Gasteiger partial charge in [0.2, 0.25) is 0 Å². The number of hydrogen-bond donors (Lipinski definition) is 0. The largest absolute Gasteiger partial charge is 0.350 e. The Morgan fingerprint density at radius 1 is 0.897 bits per heavy atom. The van der Waals surface area contributed by atoms with Crippen LogP contribution in [0, 0.1) is 11.3 Å². The van der Waals surface area contributed by atoms with Gasteiger partial charge in [0.1, 0.15) is 0 Å². The highest BCUT2D eigenvalue weighted by atomic mass is 16.2. The van der Waals surface area contributed by atoms with Crippen molar-refractivity contribution in [1.82, 2.24) is 9.13 Å². The number of anilines is 1. The molecule has 0 N–H and O–H groups in total. The molecule has 0 aliphatic carbocycles. The van der Waals surface area contributed by atoms with E-state index in [1.165, 1.54) is 11.0 Å². The van der Waals surface area contributed by atoms with Gasteiger partial charge in [-0.1, -0.05) is 18.2 Å². The van der Waals surface area contributed by atoms with Crippen molar-refractivity contribution >= 4 is 44.9 Å². The predicted octanol–water partition coefficient (Wildman–Crippen LogP) is 3.50. The molecule has 2 aromatic carbocycles. The van der Waals surface area contributed by atoms with Crippen molar-refractivity contribution in [3.63, 3.8) is 0 Å². The van der Waals surface area contributed by atoms with E-state index in [4.69, 9.17) is 0 Å². The summed E-state index contributed by atoms with van der Waals surface area (Å²) >= 11 is 0. The molecule has 0 saturated carbocycles. The maximum Gasteiger partial charge on any atom is 0.266 e. The minimum Gasteiger partial charge on any atom is -0.350 e. The molecular weight excluding hydrogens is 364 g/mol. The topological polar surface area (TPSA) is 71.0 Å². The lowest BCUT2D eigenvalue weighted by atomic mass is 10.1. The summed E-state index contributed by atoms with van der Waals surface area (Å²) in [5, 5.41) is 10.9. The summed E-state index contributed by atoms with van der Waals surface area (Å²) in [6.07, 6.45) is 5.03. The predicted molar refractivity (Wildman–Crippen MR) is 111 cm³/mol. The second-order valence-electron chi connectivity index (χ2n) is 7.18. The highest BCUT2D eigenvalue weighted by Crippen LogP contribution is 2.37. The van der Waals surface area contributed by atoms with Crippen LogP contribution in [0.3, 0.4) is 0 Å². The third kappa shape index (κ3) is 2.34. The Morgan fingerprint density at radius 3 is 2.41 bits per heavy atom. The summed E-state index contributed by atoms with van der Waals surface area (Å²) < 4.78 is 3.80. The normalized spacial score (nSPS) is 14.1. The van der Waals surface area contributed by atoms with Crippen LogP contribution < -0.4 is 4.90 Å². The molecule has 1 aliphatic rings. The van der Waals surface area contributed by atoms with Gasteiger partial charge in [-0.25, -0.2) is 4.90 Å². The molecule has 0 atom stereocenters. The molecule has 5 rings (SSSR count). The van der Waals surface area contributed by atoms with Gasteiger partial charge in [-0.15, -0.1) is 0 Å². The number of carbonyl (C=O) groups is 2. The van der Waals surface area contributed by atoms with E-state index in [-0.39, 0.29) is 11.8 Å². The quantitative estimate of drug-likeness (QED) is 0.500. The minimum absolute atomic E-state index is 0.360. The number of imide groups is 1. The van der Waals surface area contributed by atoms with Gasteiger partial charge in [0.15, 0.2) is 0 Å². The molecule has 0 bridgehead atoms. The molecule has 140 valence electrons. The number of para-hydroxylation sites is 1. The van der Waals surface area contributed by atoms with Crippen LogP contribution in [0.2, 0.25) is 0 Å². The molecule has 0 radical (unpaired) electrons. The molecule has 3 heterocycles. The van der Waals surface area contributed by atoms with Crippen molar-refractivity contribution in [2.45, 2.75) is 0 Å². The SMILES string of the molecule is Cn1cc(C2=CC(=O)N(c3cn(C)c4ccc(C#N)cc34)C2=O)c2ccccc21. The number of fused-ring (bicyclic) bond motifs is 2. The molecule has 0 unspecified atom stereocenters. The third-order valence-electron chi connectivity index (χ3n) is 5.45. The standard InChI is InChI=1S/C23H16N4O2/c1-25-12-18(15-5-3-4-6-19(15)25)16-10-22(28)27(23(16)29)21-13-26(2)20-8-7-14(11-24)9-17(20)21/h3-10,12-13H,1-2H3. The van der Waals surface area contributed by atoms with Crippen LogP contribution in [0.25, 0.3) is 27.4 Å². The number of aromatic nitrogens is 2. The van der Waals surface area contributed by atoms with Crippen LogP contribution in [0.15, 0.2) is 60.9 Å². The first kappa shape index (κ1) is 17.0. The fourth-order valence-electron chi connectivity index (χ4n) is 4.07. The lowest BCUT2D eigenvalue weighted by Crippen LogP contribution is -2.30. The van der Waals surface area contributed by atoms with Gasteiger partial charge in [-0.05, 0) is 24.3 Å². The molecule has 2 aromatic heterocycles. The van der Waals surface area contributed by atoms with E-state index in [0.717, 1.165) is 22.0 Å². The van der Waals surface area contributed by atoms with Crippen molar-refractivity contribution in [3.8, 4) is 6.07 Å². The zero-order valence-electron chi connectivity index (χ0n) is 15.9. The Morgan fingerprint density at radius 2 is 1.62 bits per heavy atom. The summed E-state index contributed by atoms with van der Waals surface area (Å²) in [6, 6.07) is 15.1. The van der Waals surface area contributed by atoms with E-state index < -0.39 is 0 Å². The van der Waals surface area contributed by atoms with Gasteiger partial charge in [-0.3, -0.25) is 9.59 Å². The lowest BCUT2D eigenvalue weighted by molar-refractivity contribution is -0.119. The first-order valence-corrected chi connectivity index (χ1v) is 9.13. The third-order valence-corrected chi connectivity index (χ3v) is 5.45. The number of hydrogen-bond acceptors (Lipinski definition) is 3. The Balaban J connectivity index is 1.65. The van der Waals surface area contributed by atoms with Gasteiger partial charge in [0, 0.05) is 54.4 Å². The van der Waals surface area contributed by atoms with Crippen LogP contribution in [0.5, 0.6) is 0 Å². The summed E-state index contributed by atoms with van der Waals surface area (Å²) in [5.41, 5.74) is 3.92. The maximum atomic E-state index is 13.3. The van der Waals surface area contributed by atoms with Crippen LogP contribution in [-0.4, -0.2) is 20.9 Å². The fourth-order valence-corrected chi connectivity index (χ4v) is 4.07. The highest BCUT2D eigenvalue weighted by Gasteiger charge is 2.36. The summed E-state index contributed by atoms with van der Waals surface area (Å²) in [4.78, 5) is 27.4. The number of carbonyl (C=O) groups excluding carboxylic acids is 2. The molecule has 4 aromatic rings. The molecule has 0 saturated heterocycles. The number of aryl methyl sites for hydroxylation is 2. The van der Waals surface area contributed by atoms with E-state index in [0.29, 0.717) is 22.2 Å². The summed E-state index contributed by atoms with van der Waals surface area (Å²) in [7, 11) is 3.77. The minimum atomic E-state index is -0.382. The van der Waals surface area contributed by atoms with Crippen molar-refractivity contribution in [1.29, 1.82) is 5.26 Å². The molecule has 0 spiro atoms. The van der Waals surface area contributed by atoms with Gasteiger partial charge >= 0.3 is 0 Å². The Labute approximate surface area is 166 Å². The smallest absolute Gasteiger partial charge is 0.266 e. The second kappa shape index (κ2) is 5.94. The summed E-state index contributed by atoms with van der Waals surface area (Å²) in [6.45, 7) is 0. The van der Waals surface area contributed by atoms with E-state index in [1.54, 1.807) is 18.3 Å². The maximum absolute atomic E-state index is 13.3. The van der Waals surface area contributed by atoms with Crippen molar-refractivity contribution in [2.24, 2.45) is 14.1 Å². The molecule has 6 heteroatoms. The molecular formula is C23H16N4O2. The van der Waals surface area contributed by atoms with Crippen LogP contribution in [-0.2, 0) is 23.7 Å². The van der Waals surface area contributed by atoms with Crippen molar-refractivity contribution in [2.75, 3.05) is 4.90 Å². The molecule has 2 amide bonds. The van der Waals surface area contributed by atoms with E-state index in [9.17, 15) is 14.9 Å². The second-order valence-corrected chi connectivity index (χ2v) is 7.18. The van der Waals surface area contributed by atoms with E-state index >= 15 is 0 Å². The monoisotopic (exact) mass is 380 g/mol. The number of benzene rings is 2. The van der Waals surface area contributed by atoms with E-state index in [1.807, 2.05) is 59.8 Å². The number of nitriles is 1. The number of amides is 2. The van der Waals surface area contributed by atoms with Crippen LogP contribution in [0.4, 0.5) is 5.69 Å². The zero-order valence-corrected chi connectivity index (χ0v) is 15.9. The first-order chi connectivity index (χ1) is 14.0. The first-order valence-electron chi connectivity index (χ1n) is 9.13. The number of rotatable bonds is 2. The van der Waals surface area contributed by atoms with E-state index in [2.05, 4.69) is 6.07 Å². The molecule has 29 heavy (non-hydrogen) atoms. The van der Waals surface area contributed by atoms with Gasteiger partial charge in [0.05, 0.1) is 28.4 Å². The Kier molecular flexibility index (Phi) is 3.49. The molecule has 0 fully saturated rings. The molecule has 1 aliphatic heterocycles. The zero-order chi connectivity index (χ0) is 20.3. The van der Waals surface area contributed by atoms with Gasteiger partial charge in [0.25, 0.3) is 11.8 Å². The highest BCUT2D eigenvalue weighted by molar-refractivity contribution is 6.45. The Hall–Kier alpha value is -4.11. The van der Waals surface area contributed by atoms with Gasteiger partial charge < -0.3 is 9.13 Å². The molecule has 6 nitrogen and oxygen atoms in total. The average Bonchev–Trinajstić information content (AvgIpc) is 3.33. The fraction of sp³-hybridized carbons (Fsp3) is 0.0870. The lowest BCUT2D eigenvalue weighted by Gasteiger charge is -2.13. The van der Waals surface area contributed by atoms with Crippen LogP contribution in [0.1, 0.15) is 11.1 Å².